The number of sulfonamides is 1. The van der Waals surface area contributed by atoms with Crippen LogP contribution in [0.3, 0.4) is 0 Å². The van der Waals surface area contributed by atoms with Crippen LogP contribution in [0, 0.1) is 0 Å². The zero-order valence-electron chi connectivity index (χ0n) is 8.98. The Kier molecular flexibility index (Phi) is 3.55. The average molecular weight is 363 g/mol. The predicted molar refractivity (Wildman–Crippen MR) is 74.8 cm³/mol. The van der Waals surface area contributed by atoms with Gasteiger partial charge in [-0.2, -0.15) is 2.94 Å². The van der Waals surface area contributed by atoms with E-state index < -0.39 is 10.0 Å². The van der Waals surface area contributed by atoms with E-state index >= 15 is 0 Å². The largest absolute Gasteiger partial charge is 0.496 e. The van der Waals surface area contributed by atoms with Gasteiger partial charge in [0.1, 0.15) is 5.75 Å². The molecule has 0 aliphatic heterocycles. The molecule has 0 saturated heterocycles. The lowest BCUT2D eigenvalue weighted by molar-refractivity contribution is 0.419. The molecule has 17 heavy (non-hydrogen) atoms. The third-order valence-electron chi connectivity index (χ3n) is 2.46. The Balaban J connectivity index is 2.85. The molecule has 0 radical (unpaired) electrons. The second-order valence-electron chi connectivity index (χ2n) is 3.39. The number of rotatable bonds is 3. The summed E-state index contributed by atoms with van der Waals surface area (Å²) in [5.41, 5.74) is 0. The molecule has 4 nitrogen and oxygen atoms in total. The van der Waals surface area contributed by atoms with Gasteiger partial charge in [0.25, 0.3) is 0 Å². The molecule has 90 valence electrons. The number of fused-ring (bicyclic) bond motifs is 1. The average Bonchev–Trinajstić information content (AvgIpc) is 2.37. The first-order valence-electron chi connectivity index (χ1n) is 4.78. The Morgan fingerprint density at radius 1 is 1.12 bits per heavy atom. The van der Waals surface area contributed by atoms with Gasteiger partial charge < -0.3 is 4.74 Å². The van der Waals surface area contributed by atoms with Crippen molar-refractivity contribution in [1.29, 1.82) is 0 Å². The molecule has 0 bridgehead atoms. The van der Waals surface area contributed by atoms with Crippen LogP contribution in [0.15, 0.2) is 41.3 Å². The number of methoxy groups -OCH3 is 1. The lowest BCUT2D eigenvalue weighted by atomic mass is 10.1. The van der Waals surface area contributed by atoms with Crippen LogP contribution in [-0.4, -0.2) is 15.5 Å². The van der Waals surface area contributed by atoms with Gasteiger partial charge in [-0.05, 0) is 12.1 Å². The normalized spacial score (nSPS) is 11.6. The highest BCUT2D eigenvalue weighted by Crippen LogP contribution is 2.30. The molecule has 0 amide bonds. The molecule has 1 N–H and O–H groups in total. The summed E-state index contributed by atoms with van der Waals surface area (Å²) in [7, 11) is -1.91. The van der Waals surface area contributed by atoms with E-state index in [-0.39, 0.29) is 4.90 Å². The molecule has 0 aliphatic rings. The van der Waals surface area contributed by atoms with Crippen LogP contribution in [0.4, 0.5) is 0 Å². The molecule has 0 unspecified atom stereocenters. The summed E-state index contributed by atoms with van der Waals surface area (Å²) in [6, 6.07) is 10.4. The number of nitrogens with one attached hydrogen (secondary N) is 1. The summed E-state index contributed by atoms with van der Waals surface area (Å²) in [4.78, 5) is 0.253. The Bertz CT molecular complexity index is 655. The maximum Gasteiger partial charge on any atom is 0.249 e. The van der Waals surface area contributed by atoms with Gasteiger partial charge in [-0.15, -0.1) is 0 Å². The molecule has 0 aliphatic carbocycles. The molecule has 2 rings (SSSR count). The van der Waals surface area contributed by atoms with Crippen LogP contribution >= 0.6 is 22.9 Å². The number of hydrogen-bond donors (Lipinski definition) is 1. The lowest BCUT2D eigenvalue weighted by Gasteiger charge is -2.09. The molecule has 0 saturated carbocycles. The van der Waals surface area contributed by atoms with Crippen molar-refractivity contribution < 1.29 is 13.2 Å². The van der Waals surface area contributed by atoms with Crippen molar-refractivity contribution in [3.63, 3.8) is 0 Å². The van der Waals surface area contributed by atoms with Crippen molar-refractivity contribution in [2.24, 2.45) is 0 Å². The summed E-state index contributed by atoms with van der Waals surface area (Å²) >= 11 is 1.62. The van der Waals surface area contributed by atoms with E-state index in [1.807, 2.05) is 12.1 Å². The number of ether oxygens (including phenoxy) is 1. The molecule has 2 aromatic carbocycles. The maximum atomic E-state index is 11.9. The smallest absolute Gasteiger partial charge is 0.249 e. The summed E-state index contributed by atoms with van der Waals surface area (Å²) in [6.07, 6.45) is 0. The SMILES string of the molecule is COc1ccc(S(=O)(=O)NI)c2ccccc12. The standard InChI is InChI=1S/C11H10INO3S/c1-16-10-6-7-11(17(14,15)13-12)9-5-3-2-4-8(9)10/h2-7,13H,1H3. The van der Waals surface area contributed by atoms with Crippen molar-refractivity contribution in [1.82, 2.24) is 2.94 Å². The van der Waals surface area contributed by atoms with Crippen molar-refractivity contribution in [3.8, 4) is 5.75 Å². The fraction of sp³-hybridized carbons (Fsp3) is 0.0909. The zero-order valence-corrected chi connectivity index (χ0v) is 11.9. The highest BCUT2D eigenvalue weighted by molar-refractivity contribution is 14.1. The highest BCUT2D eigenvalue weighted by atomic mass is 127. The van der Waals surface area contributed by atoms with Crippen molar-refractivity contribution in [2.75, 3.05) is 7.11 Å². The summed E-state index contributed by atoms with van der Waals surface area (Å²) in [5.74, 6) is 0.660. The number of halogens is 1. The van der Waals surface area contributed by atoms with Crippen molar-refractivity contribution in [2.45, 2.75) is 4.90 Å². The number of benzene rings is 2. The zero-order chi connectivity index (χ0) is 12.5. The molecule has 2 aromatic rings. The van der Waals surface area contributed by atoms with Crippen LogP contribution in [0.2, 0.25) is 0 Å². The Hall–Kier alpha value is -0.860. The number of hydrogen-bond acceptors (Lipinski definition) is 3. The van der Waals surface area contributed by atoms with Gasteiger partial charge in [0.2, 0.25) is 10.0 Å². The minimum Gasteiger partial charge on any atom is -0.496 e. The van der Waals surface area contributed by atoms with Crippen molar-refractivity contribution in [3.05, 3.63) is 36.4 Å². The third-order valence-corrected chi connectivity index (χ3v) is 5.33. The van der Waals surface area contributed by atoms with Gasteiger partial charge in [-0.1, -0.05) is 24.3 Å². The first-order valence-corrected chi connectivity index (χ1v) is 7.34. The predicted octanol–water partition coefficient (Wildman–Crippen LogP) is 2.48. The molecule has 0 atom stereocenters. The minimum absolute atomic E-state index is 0.253. The van der Waals surface area contributed by atoms with Gasteiger partial charge in [0, 0.05) is 33.6 Å². The van der Waals surface area contributed by atoms with Crippen molar-refractivity contribution >= 4 is 43.7 Å². The van der Waals surface area contributed by atoms with Crippen LogP contribution in [0.1, 0.15) is 0 Å². The van der Waals surface area contributed by atoms with Gasteiger partial charge in [0.05, 0.1) is 12.0 Å². The molecular weight excluding hydrogens is 353 g/mol. The van der Waals surface area contributed by atoms with E-state index in [2.05, 4.69) is 2.94 Å². The van der Waals surface area contributed by atoms with E-state index in [9.17, 15) is 8.42 Å². The van der Waals surface area contributed by atoms with E-state index in [4.69, 9.17) is 4.74 Å². The quantitative estimate of drug-likeness (QED) is 0.674. The second-order valence-corrected chi connectivity index (χ2v) is 6.31. The maximum absolute atomic E-state index is 11.9. The summed E-state index contributed by atoms with van der Waals surface area (Å²) in [5, 5.41) is 1.43. The molecule has 0 aromatic heterocycles. The van der Waals surface area contributed by atoms with Crippen LogP contribution in [-0.2, 0) is 10.0 Å². The lowest BCUT2D eigenvalue weighted by Crippen LogP contribution is -2.13. The Morgan fingerprint density at radius 2 is 1.76 bits per heavy atom. The first-order chi connectivity index (χ1) is 8.10. The topological polar surface area (TPSA) is 55.4 Å². The van der Waals surface area contributed by atoms with Gasteiger partial charge >= 0.3 is 0 Å². The third kappa shape index (κ3) is 2.24. The Labute approximate surface area is 114 Å². The monoisotopic (exact) mass is 363 g/mol. The minimum atomic E-state index is -3.47. The fourth-order valence-corrected chi connectivity index (χ4v) is 3.21. The molecule has 0 spiro atoms. The van der Waals surface area contributed by atoms with Gasteiger partial charge in [-0.3, -0.25) is 0 Å². The highest BCUT2D eigenvalue weighted by Gasteiger charge is 2.17. The Morgan fingerprint density at radius 3 is 2.35 bits per heavy atom. The molecule has 6 heteroatoms. The summed E-state index contributed by atoms with van der Waals surface area (Å²) < 4.78 is 31.2. The van der Waals surface area contributed by atoms with Crippen LogP contribution < -0.4 is 7.67 Å². The first kappa shape index (κ1) is 12.6. The van der Waals surface area contributed by atoms with Crippen LogP contribution in [0.5, 0.6) is 5.75 Å². The van der Waals surface area contributed by atoms with E-state index in [1.165, 1.54) is 0 Å². The molecular formula is C11H10INO3S. The van der Waals surface area contributed by atoms with Gasteiger partial charge in [0.15, 0.2) is 0 Å². The molecule has 0 fully saturated rings. The van der Waals surface area contributed by atoms with E-state index in [0.717, 1.165) is 5.39 Å². The fourth-order valence-electron chi connectivity index (χ4n) is 1.70. The van der Waals surface area contributed by atoms with Crippen LogP contribution in [0.25, 0.3) is 10.8 Å². The van der Waals surface area contributed by atoms with E-state index in [1.54, 1.807) is 54.2 Å². The molecule has 0 heterocycles. The van der Waals surface area contributed by atoms with Gasteiger partial charge in [-0.25, -0.2) is 8.42 Å². The van der Waals surface area contributed by atoms with E-state index in [0.29, 0.717) is 11.1 Å². The summed E-state index contributed by atoms with van der Waals surface area (Å²) in [6.45, 7) is 0. The second kappa shape index (κ2) is 4.79.